The molecule has 1 aliphatic rings. The van der Waals surface area contributed by atoms with Crippen LogP contribution in [0.15, 0.2) is 51.0 Å². The Morgan fingerprint density at radius 3 is 2.38 bits per heavy atom. The molecule has 2 heterocycles. The zero-order valence-electron chi connectivity index (χ0n) is 14.2. The van der Waals surface area contributed by atoms with Crippen LogP contribution in [0.1, 0.15) is 11.6 Å². The normalized spacial score (nSPS) is 18.5. The third kappa shape index (κ3) is 2.86. The second-order valence-corrected chi connectivity index (χ2v) is 7.83. The van der Waals surface area contributed by atoms with E-state index in [1.54, 1.807) is 30.3 Å². The van der Waals surface area contributed by atoms with Gasteiger partial charge in [-0.1, -0.05) is 30.3 Å². The Balaban J connectivity index is 2.18. The van der Waals surface area contributed by atoms with Crippen LogP contribution in [0.3, 0.4) is 0 Å². The Bertz CT molecular complexity index is 1070. The van der Waals surface area contributed by atoms with Crippen molar-refractivity contribution in [1.82, 2.24) is 18.8 Å². The highest BCUT2D eigenvalue weighted by Crippen LogP contribution is 2.28. The molecule has 1 aliphatic heterocycles. The van der Waals surface area contributed by atoms with Gasteiger partial charge in [-0.05, 0) is 5.56 Å². The van der Waals surface area contributed by atoms with Crippen LogP contribution < -0.4 is 16.6 Å². The summed E-state index contributed by atoms with van der Waals surface area (Å²) in [7, 11) is -1.74. The van der Waals surface area contributed by atoms with Crippen molar-refractivity contribution in [2.45, 2.75) is 10.9 Å². The van der Waals surface area contributed by atoms with Gasteiger partial charge in [0.05, 0.1) is 0 Å². The van der Waals surface area contributed by atoms with E-state index in [9.17, 15) is 22.8 Å². The number of sulfonamides is 1. The van der Waals surface area contributed by atoms with Gasteiger partial charge in [-0.15, -0.1) is 0 Å². The van der Waals surface area contributed by atoms with E-state index in [0.717, 1.165) is 19.6 Å². The average Bonchev–Trinajstić information content (AvgIpc) is 2.63. The fourth-order valence-corrected chi connectivity index (χ4v) is 4.66. The van der Waals surface area contributed by atoms with Crippen molar-refractivity contribution in [3.05, 3.63) is 62.9 Å². The quantitative estimate of drug-likeness (QED) is 0.732. The Morgan fingerprint density at radius 1 is 1.08 bits per heavy atom. The molecular formula is C16H18N4O5S. The molecular weight excluding hydrogens is 360 g/mol. The lowest BCUT2D eigenvalue weighted by molar-refractivity contribution is -0.126. The average molecular weight is 378 g/mol. The van der Waals surface area contributed by atoms with Gasteiger partial charge < -0.3 is 9.88 Å². The number of nitrogens with one attached hydrogen (secondary N) is 1. The predicted molar refractivity (Wildman–Crippen MR) is 93.0 cm³/mol. The highest BCUT2D eigenvalue weighted by molar-refractivity contribution is 7.89. The molecule has 1 aromatic carbocycles. The van der Waals surface area contributed by atoms with Crippen LogP contribution in [0.25, 0.3) is 0 Å². The number of amides is 1. The van der Waals surface area contributed by atoms with Gasteiger partial charge in [0.1, 0.15) is 6.04 Å². The summed E-state index contributed by atoms with van der Waals surface area (Å²) in [5.41, 5.74) is -1.06. The van der Waals surface area contributed by atoms with Crippen LogP contribution >= 0.6 is 0 Å². The molecule has 0 radical (unpaired) electrons. The molecule has 2 aromatic rings. The molecule has 0 aliphatic carbocycles. The summed E-state index contributed by atoms with van der Waals surface area (Å²) in [4.78, 5) is 36.1. The first-order valence-corrected chi connectivity index (χ1v) is 9.30. The van der Waals surface area contributed by atoms with Crippen molar-refractivity contribution in [2.75, 3.05) is 13.1 Å². The maximum atomic E-state index is 13.2. The van der Waals surface area contributed by atoms with Crippen molar-refractivity contribution >= 4 is 15.9 Å². The Hall–Kier alpha value is -2.72. The Morgan fingerprint density at radius 2 is 1.73 bits per heavy atom. The van der Waals surface area contributed by atoms with E-state index >= 15 is 0 Å². The molecule has 1 atom stereocenters. The van der Waals surface area contributed by atoms with E-state index in [4.69, 9.17) is 0 Å². The molecule has 1 amide bonds. The van der Waals surface area contributed by atoms with Crippen molar-refractivity contribution in [3.8, 4) is 0 Å². The SMILES string of the molecule is Cn1cc(S(=O)(=O)N2CCNC(=O)C2c2ccccc2)c(=O)n(C)c1=O. The third-order valence-corrected chi connectivity index (χ3v) is 6.13. The first-order valence-electron chi connectivity index (χ1n) is 7.86. The molecule has 138 valence electrons. The van der Waals surface area contributed by atoms with E-state index in [2.05, 4.69) is 5.32 Å². The lowest BCUT2D eigenvalue weighted by atomic mass is 10.1. The maximum absolute atomic E-state index is 13.2. The lowest BCUT2D eigenvalue weighted by Crippen LogP contribution is -2.53. The number of piperazine rings is 1. The predicted octanol–water partition coefficient (Wildman–Crippen LogP) is -1.05. The van der Waals surface area contributed by atoms with Gasteiger partial charge in [-0.2, -0.15) is 4.31 Å². The highest BCUT2D eigenvalue weighted by atomic mass is 32.2. The van der Waals surface area contributed by atoms with Crippen LogP contribution in [0, 0.1) is 0 Å². The Labute approximate surface area is 149 Å². The molecule has 3 rings (SSSR count). The van der Waals surface area contributed by atoms with Gasteiger partial charge in [0, 0.05) is 33.4 Å². The summed E-state index contributed by atoms with van der Waals surface area (Å²) in [6.07, 6.45) is 0.995. The summed E-state index contributed by atoms with van der Waals surface area (Å²) in [6, 6.07) is 7.37. The molecule has 0 bridgehead atoms. The smallest absolute Gasteiger partial charge is 0.330 e. The van der Waals surface area contributed by atoms with Crippen molar-refractivity contribution in [3.63, 3.8) is 0 Å². The number of hydrogen-bond acceptors (Lipinski definition) is 5. The van der Waals surface area contributed by atoms with Crippen LogP contribution in [-0.4, -0.2) is 40.9 Å². The largest absolute Gasteiger partial charge is 0.353 e. The van der Waals surface area contributed by atoms with E-state index in [-0.39, 0.29) is 13.1 Å². The number of hydrogen-bond donors (Lipinski definition) is 1. The van der Waals surface area contributed by atoms with E-state index in [1.165, 1.54) is 14.1 Å². The van der Waals surface area contributed by atoms with Gasteiger partial charge in [0.2, 0.25) is 5.91 Å². The molecule has 1 aromatic heterocycles. The summed E-state index contributed by atoms with van der Waals surface area (Å²) in [5, 5.41) is 2.65. The van der Waals surface area contributed by atoms with Crippen molar-refractivity contribution < 1.29 is 13.2 Å². The zero-order valence-corrected chi connectivity index (χ0v) is 15.1. The maximum Gasteiger partial charge on any atom is 0.330 e. The third-order valence-electron chi connectivity index (χ3n) is 4.28. The van der Waals surface area contributed by atoms with Crippen LogP contribution in [0.5, 0.6) is 0 Å². The number of carbonyl (C=O) groups excluding carboxylic acids is 1. The molecule has 10 heteroatoms. The second-order valence-electron chi connectivity index (χ2n) is 5.97. The summed E-state index contributed by atoms with van der Waals surface area (Å²) in [5.74, 6) is -0.465. The number of aryl methyl sites for hydroxylation is 1. The van der Waals surface area contributed by atoms with E-state index < -0.39 is 38.1 Å². The van der Waals surface area contributed by atoms with Crippen LogP contribution in [0.2, 0.25) is 0 Å². The topological polar surface area (TPSA) is 110 Å². The summed E-state index contributed by atoms with van der Waals surface area (Å²) >= 11 is 0. The molecule has 9 nitrogen and oxygen atoms in total. The molecule has 0 spiro atoms. The fraction of sp³-hybridized carbons (Fsp3) is 0.312. The second kappa shape index (κ2) is 6.54. The standard InChI is InChI=1S/C16H18N4O5S/c1-18-10-12(15(22)19(2)16(18)23)26(24,25)20-9-8-17-14(21)13(20)11-6-4-3-5-7-11/h3-7,10,13H,8-9H2,1-2H3,(H,17,21). The van der Waals surface area contributed by atoms with Crippen molar-refractivity contribution in [2.24, 2.45) is 14.1 Å². The van der Waals surface area contributed by atoms with Gasteiger partial charge in [-0.3, -0.25) is 14.2 Å². The van der Waals surface area contributed by atoms with Crippen molar-refractivity contribution in [1.29, 1.82) is 0 Å². The van der Waals surface area contributed by atoms with Crippen LogP contribution in [0.4, 0.5) is 0 Å². The minimum atomic E-state index is -4.31. The number of carbonyl (C=O) groups is 1. The van der Waals surface area contributed by atoms with Gasteiger partial charge in [0.15, 0.2) is 4.90 Å². The number of nitrogens with zero attached hydrogens (tertiary/aromatic N) is 3. The summed E-state index contributed by atoms with van der Waals surface area (Å²) < 4.78 is 29.1. The first-order chi connectivity index (χ1) is 12.2. The molecule has 26 heavy (non-hydrogen) atoms. The molecule has 1 unspecified atom stereocenters. The minimum absolute atomic E-state index is 0.0135. The highest BCUT2D eigenvalue weighted by Gasteiger charge is 2.41. The molecule has 0 saturated carbocycles. The van der Waals surface area contributed by atoms with E-state index in [0.29, 0.717) is 5.56 Å². The number of aromatic nitrogens is 2. The minimum Gasteiger partial charge on any atom is -0.353 e. The molecule has 1 fully saturated rings. The lowest BCUT2D eigenvalue weighted by Gasteiger charge is -2.34. The fourth-order valence-electron chi connectivity index (χ4n) is 2.94. The number of rotatable bonds is 3. The van der Waals surface area contributed by atoms with Gasteiger partial charge in [-0.25, -0.2) is 13.2 Å². The first kappa shape index (κ1) is 18.1. The zero-order chi connectivity index (χ0) is 19.1. The van der Waals surface area contributed by atoms with Gasteiger partial charge in [0.25, 0.3) is 15.6 Å². The Kier molecular flexibility index (Phi) is 4.55. The summed E-state index contributed by atoms with van der Waals surface area (Å²) in [6.45, 7) is 0.146. The van der Waals surface area contributed by atoms with Gasteiger partial charge >= 0.3 is 5.69 Å². The number of benzene rings is 1. The van der Waals surface area contributed by atoms with Crippen LogP contribution in [-0.2, 0) is 28.9 Å². The molecule has 1 saturated heterocycles. The monoisotopic (exact) mass is 378 g/mol. The molecule has 1 N–H and O–H groups in total. The van der Waals surface area contributed by atoms with E-state index in [1.807, 2.05) is 0 Å².